The lowest BCUT2D eigenvalue weighted by Gasteiger charge is -2.34. The Hall–Kier alpha value is -2.25. The van der Waals surface area contributed by atoms with Crippen LogP contribution in [0, 0.1) is 17.7 Å². The minimum absolute atomic E-state index is 0.0669. The number of carbonyl (C=O) groups excluding carboxylic acids is 1. The van der Waals surface area contributed by atoms with Crippen LogP contribution in [0.2, 0.25) is 5.02 Å². The quantitative estimate of drug-likeness (QED) is 0.344. The third-order valence-electron chi connectivity index (χ3n) is 7.51. The summed E-state index contributed by atoms with van der Waals surface area (Å²) >= 11 is 7.87. The zero-order valence-electron chi connectivity index (χ0n) is 20.3. The van der Waals surface area contributed by atoms with Crippen molar-refractivity contribution in [2.75, 3.05) is 39.3 Å². The number of likely N-dealkylation sites (tertiary alicyclic amines) is 2. The minimum atomic E-state index is -0.216. The van der Waals surface area contributed by atoms with Crippen LogP contribution in [0.25, 0.3) is 0 Å². The molecular weight excluding hydrogens is 495 g/mol. The van der Waals surface area contributed by atoms with Gasteiger partial charge in [-0.1, -0.05) is 29.8 Å². The van der Waals surface area contributed by atoms with E-state index in [-0.39, 0.29) is 11.7 Å². The first-order valence-electron chi connectivity index (χ1n) is 12.7. The summed E-state index contributed by atoms with van der Waals surface area (Å²) in [5.74, 6) is 1.17. The van der Waals surface area contributed by atoms with Gasteiger partial charge in [0.05, 0.1) is 6.61 Å². The van der Waals surface area contributed by atoms with Gasteiger partial charge in [-0.15, -0.1) is 0 Å². The summed E-state index contributed by atoms with van der Waals surface area (Å²) in [6.07, 6.45) is 2.23. The van der Waals surface area contributed by atoms with Crippen molar-refractivity contribution >= 4 is 28.8 Å². The molecule has 190 valence electrons. The van der Waals surface area contributed by atoms with E-state index < -0.39 is 0 Å². The van der Waals surface area contributed by atoms with E-state index in [2.05, 4.69) is 21.7 Å². The van der Waals surface area contributed by atoms with E-state index >= 15 is 0 Å². The number of thiophene rings is 1. The summed E-state index contributed by atoms with van der Waals surface area (Å²) in [5, 5.41) is 4.96. The molecule has 0 aliphatic carbocycles. The monoisotopic (exact) mass is 526 g/mol. The SMILES string of the molecule is O=C(c1cccc(Cl)c1)N1CC(CN2CCC(COCc3ccc(F)cc3)CC2)C(c2ccsc2)C1. The van der Waals surface area contributed by atoms with Crippen LogP contribution < -0.4 is 0 Å². The minimum Gasteiger partial charge on any atom is -0.376 e. The molecule has 2 atom stereocenters. The number of hydrogen-bond acceptors (Lipinski definition) is 4. The van der Waals surface area contributed by atoms with Crippen LogP contribution in [0.5, 0.6) is 0 Å². The maximum absolute atomic E-state index is 13.2. The molecule has 2 aromatic carbocycles. The molecule has 1 aromatic heterocycles. The predicted molar refractivity (Wildman–Crippen MR) is 143 cm³/mol. The number of benzene rings is 2. The number of rotatable bonds is 8. The van der Waals surface area contributed by atoms with Crippen molar-refractivity contribution in [2.45, 2.75) is 25.4 Å². The summed E-state index contributed by atoms with van der Waals surface area (Å²) in [7, 11) is 0. The van der Waals surface area contributed by atoms with E-state index in [1.165, 1.54) is 17.7 Å². The van der Waals surface area contributed by atoms with Crippen molar-refractivity contribution in [3.05, 3.63) is 92.9 Å². The molecule has 2 saturated heterocycles. The predicted octanol–water partition coefficient (Wildman–Crippen LogP) is 6.33. The summed E-state index contributed by atoms with van der Waals surface area (Å²) in [5.41, 5.74) is 3.01. The average Bonchev–Trinajstić information content (AvgIpc) is 3.56. The van der Waals surface area contributed by atoms with Crippen LogP contribution in [0.4, 0.5) is 4.39 Å². The molecule has 4 nitrogen and oxygen atoms in total. The Labute approximate surface area is 221 Å². The number of ether oxygens (including phenoxy) is 1. The molecule has 3 aromatic rings. The topological polar surface area (TPSA) is 32.8 Å². The molecule has 0 spiro atoms. The van der Waals surface area contributed by atoms with E-state index in [1.807, 2.05) is 17.0 Å². The smallest absolute Gasteiger partial charge is 0.253 e. The highest BCUT2D eigenvalue weighted by Crippen LogP contribution is 2.36. The van der Waals surface area contributed by atoms with E-state index in [4.69, 9.17) is 16.3 Å². The van der Waals surface area contributed by atoms with Gasteiger partial charge in [-0.3, -0.25) is 4.79 Å². The second kappa shape index (κ2) is 11.9. The van der Waals surface area contributed by atoms with E-state index in [9.17, 15) is 9.18 Å². The van der Waals surface area contributed by atoms with Gasteiger partial charge in [-0.2, -0.15) is 11.3 Å². The molecule has 2 unspecified atom stereocenters. The lowest BCUT2D eigenvalue weighted by molar-refractivity contribution is 0.0539. The molecule has 2 fully saturated rings. The van der Waals surface area contributed by atoms with E-state index in [0.717, 1.165) is 57.7 Å². The maximum Gasteiger partial charge on any atom is 0.253 e. The summed E-state index contributed by atoms with van der Waals surface area (Å²) < 4.78 is 19.0. The largest absolute Gasteiger partial charge is 0.376 e. The van der Waals surface area contributed by atoms with Crippen molar-refractivity contribution in [3.8, 4) is 0 Å². The van der Waals surface area contributed by atoms with Crippen molar-refractivity contribution in [2.24, 2.45) is 11.8 Å². The van der Waals surface area contributed by atoms with Gasteiger partial charge < -0.3 is 14.5 Å². The van der Waals surface area contributed by atoms with Crippen LogP contribution in [-0.4, -0.2) is 55.0 Å². The second-order valence-electron chi connectivity index (χ2n) is 10.0. The Kier molecular flexibility index (Phi) is 8.37. The Balaban J connectivity index is 1.14. The van der Waals surface area contributed by atoms with Crippen molar-refractivity contribution in [1.29, 1.82) is 0 Å². The number of hydrogen-bond donors (Lipinski definition) is 0. The standard InChI is InChI=1S/C29H32ClFN2O2S/c30-26-3-1-2-23(14-26)29(34)33-16-25(28(17-33)24-10-13-36-20-24)15-32-11-8-22(9-12-32)19-35-18-21-4-6-27(31)7-5-21/h1-7,10,13-14,20,22,25,28H,8-9,11-12,15-19H2. The molecule has 1 amide bonds. The van der Waals surface area contributed by atoms with Gasteiger partial charge in [0.1, 0.15) is 5.82 Å². The molecule has 0 bridgehead atoms. The molecule has 7 heteroatoms. The fourth-order valence-electron chi connectivity index (χ4n) is 5.48. The Morgan fingerprint density at radius 2 is 1.89 bits per heavy atom. The summed E-state index contributed by atoms with van der Waals surface area (Å²) in [6.45, 7) is 5.91. The lowest BCUT2D eigenvalue weighted by atomic mass is 9.89. The normalized spacial score (nSPS) is 21.2. The van der Waals surface area contributed by atoms with Crippen LogP contribution >= 0.6 is 22.9 Å². The number of piperidine rings is 1. The molecule has 0 saturated carbocycles. The highest BCUT2D eigenvalue weighted by molar-refractivity contribution is 7.08. The van der Waals surface area contributed by atoms with E-state index in [1.54, 1.807) is 35.6 Å². The van der Waals surface area contributed by atoms with Gasteiger partial charge in [-0.25, -0.2) is 4.39 Å². The van der Waals surface area contributed by atoms with Gasteiger partial charge >= 0.3 is 0 Å². The Bertz CT molecular complexity index is 1130. The average molecular weight is 527 g/mol. The number of halogens is 2. The van der Waals surface area contributed by atoms with Crippen LogP contribution in [0.1, 0.15) is 40.2 Å². The van der Waals surface area contributed by atoms with Crippen molar-refractivity contribution in [1.82, 2.24) is 9.80 Å². The van der Waals surface area contributed by atoms with Gasteiger partial charge in [0.25, 0.3) is 5.91 Å². The molecule has 36 heavy (non-hydrogen) atoms. The van der Waals surface area contributed by atoms with Gasteiger partial charge in [0, 0.05) is 42.7 Å². The maximum atomic E-state index is 13.2. The third kappa shape index (κ3) is 6.35. The van der Waals surface area contributed by atoms with Crippen molar-refractivity contribution in [3.63, 3.8) is 0 Å². The van der Waals surface area contributed by atoms with Crippen LogP contribution in [-0.2, 0) is 11.3 Å². The highest BCUT2D eigenvalue weighted by atomic mass is 35.5. The summed E-state index contributed by atoms with van der Waals surface area (Å²) in [6, 6.07) is 16.0. The third-order valence-corrected chi connectivity index (χ3v) is 8.44. The fraction of sp³-hybridized carbons (Fsp3) is 0.414. The van der Waals surface area contributed by atoms with Gasteiger partial charge in [0.15, 0.2) is 0 Å². The van der Waals surface area contributed by atoms with Crippen molar-refractivity contribution < 1.29 is 13.9 Å². The zero-order chi connectivity index (χ0) is 24.9. The zero-order valence-corrected chi connectivity index (χ0v) is 21.9. The molecule has 2 aliphatic heterocycles. The first-order valence-corrected chi connectivity index (χ1v) is 14.0. The Morgan fingerprint density at radius 3 is 2.61 bits per heavy atom. The number of nitrogens with zero attached hydrogens (tertiary/aromatic N) is 2. The second-order valence-corrected chi connectivity index (χ2v) is 11.2. The van der Waals surface area contributed by atoms with Gasteiger partial charge in [-0.05, 0) is 96.1 Å². The lowest BCUT2D eigenvalue weighted by Crippen LogP contribution is -2.39. The van der Waals surface area contributed by atoms with Crippen LogP contribution in [0.15, 0.2) is 65.4 Å². The fourth-order valence-corrected chi connectivity index (χ4v) is 6.40. The molecule has 0 radical (unpaired) electrons. The van der Waals surface area contributed by atoms with E-state index in [0.29, 0.717) is 34.9 Å². The van der Waals surface area contributed by atoms with Crippen LogP contribution in [0.3, 0.4) is 0 Å². The molecule has 3 heterocycles. The Morgan fingerprint density at radius 1 is 1.08 bits per heavy atom. The first kappa shape index (κ1) is 25.4. The number of amides is 1. The molecule has 0 N–H and O–H groups in total. The molecular formula is C29H32ClFN2O2S. The molecule has 5 rings (SSSR count). The molecule has 2 aliphatic rings. The van der Waals surface area contributed by atoms with Gasteiger partial charge in [0.2, 0.25) is 0 Å². The highest BCUT2D eigenvalue weighted by Gasteiger charge is 2.38. The summed E-state index contributed by atoms with van der Waals surface area (Å²) in [4.78, 5) is 17.8. The first-order chi connectivity index (χ1) is 17.5. The number of carbonyl (C=O) groups is 1.